The van der Waals surface area contributed by atoms with Gasteiger partial charge in [-0.3, -0.25) is 9.20 Å². The molecular weight excluding hydrogens is 404 g/mol. The molecule has 0 radical (unpaired) electrons. The van der Waals surface area contributed by atoms with Gasteiger partial charge in [-0.25, -0.2) is 0 Å². The topological polar surface area (TPSA) is 59.3 Å². The predicted molar refractivity (Wildman–Crippen MR) is 95.3 cm³/mol. The van der Waals surface area contributed by atoms with Crippen LogP contribution in [0.5, 0.6) is 0 Å². The predicted octanol–water partition coefficient (Wildman–Crippen LogP) is 4.38. The normalized spacial score (nSPS) is 12.0. The summed E-state index contributed by atoms with van der Waals surface area (Å²) in [5.74, 6) is -0.359. The fourth-order valence-electron chi connectivity index (χ4n) is 2.28. The van der Waals surface area contributed by atoms with Crippen LogP contribution in [-0.2, 0) is 17.5 Å². The number of halogens is 5. The number of nitrogens with zero attached hydrogens (tertiary/aromatic N) is 3. The smallest absolute Gasteiger partial charge is 0.345 e. The first-order valence-corrected chi connectivity index (χ1v) is 8.32. The molecule has 3 rings (SSSR count). The number of fused-ring (bicyclic) bond motifs is 1. The number of carbonyl (C=O) groups excluding carboxylic acids is 1. The Hall–Kier alpha value is -2.58. The van der Waals surface area contributed by atoms with E-state index < -0.39 is 17.6 Å². The Labute approximate surface area is 161 Å². The van der Waals surface area contributed by atoms with Crippen LogP contribution < -0.4 is 5.32 Å². The van der Waals surface area contributed by atoms with E-state index in [9.17, 15) is 18.0 Å². The zero-order valence-corrected chi connectivity index (χ0v) is 15.0. The molecule has 0 saturated heterocycles. The molecule has 0 aliphatic rings. The third-order valence-electron chi connectivity index (χ3n) is 3.60. The quantitative estimate of drug-likeness (QED) is 0.644. The lowest BCUT2D eigenvalue weighted by atomic mass is 10.2. The van der Waals surface area contributed by atoms with Gasteiger partial charge in [0.2, 0.25) is 5.91 Å². The maximum Gasteiger partial charge on any atom is 0.417 e. The van der Waals surface area contributed by atoms with Crippen LogP contribution in [0.3, 0.4) is 0 Å². The van der Waals surface area contributed by atoms with Crippen molar-refractivity contribution in [1.82, 2.24) is 19.9 Å². The molecule has 140 valence electrons. The van der Waals surface area contributed by atoms with Gasteiger partial charge in [0.05, 0.1) is 17.1 Å². The van der Waals surface area contributed by atoms with Crippen molar-refractivity contribution in [1.29, 1.82) is 0 Å². The van der Waals surface area contributed by atoms with Gasteiger partial charge in [0, 0.05) is 17.3 Å². The lowest BCUT2D eigenvalue weighted by molar-refractivity contribution is -0.137. The van der Waals surface area contributed by atoms with Crippen molar-refractivity contribution in [2.75, 3.05) is 0 Å². The number of alkyl halides is 3. The van der Waals surface area contributed by atoms with Crippen LogP contribution in [-0.4, -0.2) is 20.5 Å². The molecule has 0 fully saturated rings. The van der Waals surface area contributed by atoms with Gasteiger partial charge < -0.3 is 5.32 Å². The molecule has 1 amide bonds. The highest BCUT2D eigenvalue weighted by atomic mass is 35.5. The van der Waals surface area contributed by atoms with Gasteiger partial charge in [-0.15, -0.1) is 10.2 Å². The summed E-state index contributed by atoms with van der Waals surface area (Å²) < 4.78 is 39.9. The number of rotatable bonds is 4. The maximum absolute atomic E-state index is 12.9. The first-order valence-electron chi connectivity index (χ1n) is 7.56. The monoisotopic (exact) mass is 414 g/mol. The molecule has 1 aromatic carbocycles. The fraction of sp³-hybridized carbons (Fsp3) is 0.118. The van der Waals surface area contributed by atoms with Gasteiger partial charge in [0.1, 0.15) is 0 Å². The molecular formula is C17H11Cl2F3N4O. The number of amides is 1. The van der Waals surface area contributed by atoms with E-state index in [0.717, 1.165) is 16.7 Å². The number of hydrogen-bond acceptors (Lipinski definition) is 3. The number of benzene rings is 1. The number of carbonyl (C=O) groups is 1. The minimum Gasteiger partial charge on any atom is -0.345 e. The van der Waals surface area contributed by atoms with Crippen molar-refractivity contribution in [3.8, 4) is 0 Å². The highest BCUT2D eigenvalue weighted by molar-refractivity contribution is 6.33. The Balaban J connectivity index is 1.76. The minimum atomic E-state index is -4.57. The molecule has 0 atom stereocenters. The minimum absolute atomic E-state index is 0.0699. The SMILES string of the molecule is O=C(/C=C/c1ccccc1Cl)NCc1nnc2c(Cl)cc(C(F)(F)F)cn12. The third-order valence-corrected chi connectivity index (χ3v) is 4.22. The van der Waals surface area contributed by atoms with E-state index in [4.69, 9.17) is 23.2 Å². The molecule has 10 heteroatoms. The van der Waals surface area contributed by atoms with Crippen LogP contribution in [0.1, 0.15) is 17.0 Å². The van der Waals surface area contributed by atoms with Crippen LogP contribution in [0.25, 0.3) is 11.7 Å². The van der Waals surface area contributed by atoms with Gasteiger partial charge in [-0.05, 0) is 23.8 Å². The highest BCUT2D eigenvalue weighted by Gasteiger charge is 2.32. The van der Waals surface area contributed by atoms with Crippen molar-refractivity contribution in [3.05, 3.63) is 69.6 Å². The molecule has 27 heavy (non-hydrogen) atoms. The Morgan fingerprint density at radius 3 is 2.63 bits per heavy atom. The van der Waals surface area contributed by atoms with Crippen molar-refractivity contribution in [2.45, 2.75) is 12.7 Å². The Morgan fingerprint density at radius 1 is 1.19 bits per heavy atom. The van der Waals surface area contributed by atoms with E-state index >= 15 is 0 Å². The van der Waals surface area contributed by atoms with Crippen LogP contribution >= 0.6 is 23.2 Å². The summed E-state index contributed by atoms with van der Waals surface area (Å²) in [6.45, 7) is -0.134. The Morgan fingerprint density at radius 2 is 1.93 bits per heavy atom. The van der Waals surface area contributed by atoms with Gasteiger partial charge in [-0.2, -0.15) is 13.2 Å². The second-order valence-corrected chi connectivity index (χ2v) is 6.27. The summed E-state index contributed by atoms with van der Waals surface area (Å²) in [6.07, 6.45) is -0.945. The van der Waals surface area contributed by atoms with Crippen molar-refractivity contribution < 1.29 is 18.0 Å². The summed E-state index contributed by atoms with van der Waals surface area (Å²) in [6, 6.07) is 7.73. The maximum atomic E-state index is 12.9. The summed E-state index contributed by atoms with van der Waals surface area (Å²) in [4.78, 5) is 11.9. The van der Waals surface area contributed by atoms with Crippen LogP contribution in [0.4, 0.5) is 13.2 Å². The van der Waals surface area contributed by atoms with Gasteiger partial charge >= 0.3 is 6.18 Å². The molecule has 1 N–H and O–H groups in total. The molecule has 0 spiro atoms. The van der Waals surface area contributed by atoms with E-state index in [2.05, 4.69) is 15.5 Å². The molecule has 2 aromatic heterocycles. The summed E-state index contributed by atoms with van der Waals surface area (Å²) in [7, 11) is 0. The van der Waals surface area contributed by atoms with E-state index in [-0.39, 0.29) is 23.0 Å². The lowest BCUT2D eigenvalue weighted by Gasteiger charge is -2.09. The zero-order valence-electron chi connectivity index (χ0n) is 13.5. The van der Waals surface area contributed by atoms with Gasteiger partial charge in [-0.1, -0.05) is 41.4 Å². The summed E-state index contributed by atoms with van der Waals surface area (Å²) in [5.41, 5.74) is -0.213. The largest absolute Gasteiger partial charge is 0.417 e. The molecule has 5 nitrogen and oxygen atoms in total. The molecule has 0 bridgehead atoms. The van der Waals surface area contributed by atoms with E-state index in [1.165, 1.54) is 12.2 Å². The number of hydrogen-bond donors (Lipinski definition) is 1. The van der Waals surface area contributed by atoms with Crippen molar-refractivity contribution in [2.24, 2.45) is 0 Å². The van der Waals surface area contributed by atoms with E-state index in [0.29, 0.717) is 10.6 Å². The molecule has 0 aliphatic carbocycles. The standard InChI is InChI=1S/C17H11Cl2F3N4O/c18-12-4-2-1-3-10(12)5-6-15(27)23-8-14-24-25-16-13(19)7-11(9-26(14)16)17(20,21)22/h1-7,9H,8H2,(H,23,27)/b6-5+. The average Bonchev–Trinajstić information content (AvgIpc) is 3.02. The van der Waals surface area contributed by atoms with Crippen molar-refractivity contribution in [3.63, 3.8) is 0 Å². The number of nitrogens with one attached hydrogen (secondary N) is 1. The lowest BCUT2D eigenvalue weighted by Crippen LogP contribution is -2.22. The average molecular weight is 415 g/mol. The van der Waals surface area contributed by atoms with Crippen LogP contribution in [0.2, 0.25) is 10.0 Å². The molecule has 0 saturated carbocycles. The molecule has 2 heterocycles. The second-order valence-electron chi connectivity index (χ2n) is 5.46. The molecule has 0 aliphatic heterocycles. The van der Waals surface area contributed by atoms with Crippen LogP contribution in [0.15, 0.2) is 42.6 Å². The Kier molecular flexibility index (Phi) is 5.38. The fourth-order valence-corrected chi connectivity index (χ4v) is 2.72. The number of pyridine rings is 1. The summed E-state index contributed by atoms with van der Waals surface area (Å²) >= 11 is 11.8. The number of aromatic nitrogens is 3. The summed E-state index contributed by atoms with van der Waals surface area (Å²) in [5, 5.41) is 10.4. The molecule has 3 aromatic rings. The van der Waals surface area contributed by atoms with Crippen molar-refractivity contribution >= 4 is 40.8 Å². The van der Waals surface area contributed by atoms with Crippen LogP contribution in [0, 0.1) is 0 Å². The highest BCUT2D eigenvalue weighted by Crippen LogP contribution is 2.32. The Bertz CT molecular complexity index is 1030. The third kappa shape index (κ3) is 4.40. The second kappa shape index (κ2) is 7.58. The van der Waals surface area contributed by atoms with Gasteiger partial charge in [0.15, 0.2) is 11.5 Å². The van der Waals surface area contributed by atoms with E-state index in [1.54, 1.807) is 24.3 Å². The van der Waals surface area contributed by atoms with E-state index in [1.807, 2.05) is 0 Å². The zero-order chi connectivity index (χ0) is 19.6. The molecule has 0 unspecified atom stereocenters. The van der Waals surface area contributed by atoms with Gasteiger partial charge in [0.25, 0.3) is 0 Å². The first kappa shape index (κ1) is 19.2. The first-order chi connectivity index (χ1) is 12.8.